The van der Waals surface area contributed by atoms with Gasteiger partial charge >= 0.3 is 0 Å². The summed E-state index contributed by atoms with van der Waals surface area (Å²) < 4.78 is 15.0. The van der Waals surface area contributed by atoms with E-state index in [1.165, 1.54) is 23.9 Å². The summed E-state index contributed by atoms with van der Waals surface area (Å²) in [7, 11) is 0. The monoisotopic (exact) mass is 385 g/mol. The number of pyridine rings is 1. The van der Waals surface area contributed by atoms with E-state index in [0.717, 1.165) is 17.0 Å². The van der Waals surface area contributed by atoms with Crippen molar-refractivity contribution in [3.05, 3.63) is 60.2 Å². The maximum absolute atomic E-state index is 13.0. The van der Waals surface area contributed by atoms with E-state index in [1.54, 1.807) is 24.5 Å². The molecular formula is C19H20FN5OS. The minimum absolute atomic E-state index is 0.118. The number of hydrogen-bond donors (Lipinski definition) is 1. The van der Waals surface area contributed by atoms with E-state index >= 15 is 0 Å². The van der Waals surface area contributed by atoms with E-state index in [-0.39, 0.29) is 23.5 Å². The Hall–Kier alpha value is -2.74. The third-order valence-corrected chi connectivity index (χ3v) is 5.02. The largest absolute Gasteiger partial charge is 0.349 e. The predicted octanol–water partition coefficient (Wildman–Crippen LogP) is 3.47. The first-order valence-electron chi connectivity index (χ1n) is 8.59. The molecule has 1 aromatic carbocycles. The first-order chi connectivity index (χ1) is 13.1. The summed E-state index contributed by atoms with van der Waals surface area (Å²) >= 11 is 1.34. The molecule has 6 nitrogen and oxygen atoms in total. The lowest BCUT2D eigenvalue weighted by molar-refractivity contribution is -0.119. The van der Waals surface area contributed by atoms with Crippen molar-refractivity contribution in [2.45, 2.75) is 31.6 Å². The summed E-state index contributed by atoms with van der Waals surface area (Å²) in [5.74, 6) is 0.562. The smallest absolute Gasteiger partial charge is 0.230 e. The van der Waals surface area contributed by atoms with Crippen molar-refractivity contribution >= 4 is 17.7 Å². The molecule has 0 radical (unpaired) electrons. The van der Waals surface area contributed by atoms with E-state index in [2.05, 4.69) is 20.5 Å². The maximum Gasteiger partial charge on any atom is 0.230 e. The summed E-state index contributed by atoms with van der Waals surface area (Å²) in [5.41, 5.74) is 1.78. The number of nitrogens with one attached hydrogen (secondary N) is 1. The van der Waals surface area contributed by atoms with Gasteiger partial charge in [0, 0.05) is 24.5 Å². The van der Waals surface area contributed by atoms with Crippen LogP contribution in [0, 0.1) is 5.82 Å². The molecule has 1 N–H and O–H groups in total. The van der Waals surface area contributed by atoms with E-state index < -0.39 is 0 Å². The molecule has 3 rings (SSSR count). The molecule has 3 aromatic rings. The van der Waals surface area contributed by atoms with Crippen molar-refractivity contribution in [2.24, 2.45) is 0 Å². The highest BCUT2D eigenvalue weighted by Gasteiger charge is 2.15. The Morgan fingerprint density at radius 3 is 2.56 bits per heavy atom. The van der Waals surface area contributed by atoms with Crippen molar-refractivity contribution in [2.75, 3.05) is 5.75 Å². The fourth-order valence-electron chi connectivity index (χ4n) is 2.64. The van der Waals surface area contributed by atoms with Gasteiger partial charge in [0.25, 0.3) is 0 Å². The lowest BCUT2D eigenvalue weighted by Gasteiger charge is -2.14. The highest BCUT2D eigenvalue weighted by Crippen LogP contribution is 2.23. The van der Waals surface area contributed by atoms with Gasteiger partial charge in [-0.2, -0.15) is 0 Å². The number of nitrogens with zero attached hydrogens (tertiary/aromatic N) is 4. The van der Waals surface area contributed by atoms with Crippen LogP contribution in [0.4, 0.5) is 4.39 Å². The van der Waals surface area contributed by atoms with Crippen molar-refractivity contribution in [1.82, 2.24) is 25.1 Å². The summed E-state index contributed by atoms with van der Waals surface area (Å²) in [6.45, 7) is 4.57. The standard InChI is InChI=1S/C19H20FN5OS/c1-3-25-18(15-8-10-21-11-9-15)23-24-19(25)27-12-17(26)22-13(2)14-4-6-16(20)7-5-14/h4-11,13H,3,12H2,1-2H3,(H,22,26). The molecule has 1 atom stereocenters. The number of aromatic nitrogens is 4. The molecule has 140 valence electrons. The topological polar surface area (TPSA) is 72.7 Å². The highest BCUT2D eigenvalue weighted by atomic mass is 32.2. The van der Waals surface area contributed by atoms with E-state index in [0.29, 0.717) is 11.7 Å². The molecule has 1 amide bonds. The minimum atomic E-state index is -0.295. The number of carbonyl (C=O) groups is 1. The fraction of sp³-hybridized carbons (Fsp3) is 0.263. The van der Waals surface area contributed by atoms with Crippen LogP contribution in [-0.2, 0) is 11.3 Å². The van der Waals surface area contributed by atoms with Crippen LogP contribution in [0.2, 0.25) is 0 Å². The molecule has 0 spiro atoms. The number of carbonyl (C=O) groups excluding carboxylic acids is 1. The van der Waals surface area contributed by atoms with Crippen LogP contribution in [0.1, 0.15) is 25.5 Å². The molecule has 0 saturated heterocycles. The third kappa shape index (κ3) is 4.71. The molecule has 0 aliphatic carbocycles. The first kappa shape index (κ1) is 19.0. The van der Waals surface area contributed by atoms with Crippen LogP contribution >= 0.6 is 11.8 Å². The summed E-state index contributed by atoms with van der Waals surface area (Å²) in [5, 5.41) is 12.1. The molecule has 0 fully saturated rings. The SMILES string of the molecule is CCn1c(SCC(=O)NC(C)c2ccc(F)cc2)nnc1-c1ccncc1. The average molecular weight is 385 g/mol. The fourth-order valence-corrected chi connectivity index (χ4v) is 3.46. The van der Waals surface area contributed by atoms with E-state index in [9.17, 15) is 9.18 Å². The highest BCUT2D eigenvalue weighted by molar-refractivity contribution is 7.99. The van der Waals surface area contributed by atoms with Gasteiger partial charge in [0.15, 0.2) is 11.0 Å². The number of rotatable bonds is 7. The molecule has 0 aliphatic rings. The Balaban J connectivity index is 1.62. The van der Waals surface area contributed by atoms with Crippen molar-refractivity contribution in [1.29, 1.82) is 0 Å². The first-order valence-corrected chi connectivity index (χ1v) is 9.58. The molecule has 0 aliphatic heterocycles. The molecule has 8 heteroatoms. The van der Waals surface area contributed by atoms with Gasteiger partial charge in [-0.25, -0.2) is 4.39 Å². The van der Waals surface area contributed by atoms with Gasteiger partial charge in [-0.05, 0) is 43.7 Å². The zero-order valence-corrected chi connectivity index (χ0v) is 15.9. The number of halogens is 1. The second kappa shape index (κ2) is 8.77. The lowest BCUT2D eigenvalue weighted by Crippen LogP contribution is -2.28. The van der Waals surface area contributed by atoms with Gasteiger partial charge in [-0.15, -0.1) is 10.2 Å². The second-order valence-electron chi connectivity index (χ2n) is 5.92. The van der Waals surface area contributed by atoms with Gasteiger partial charge in [0.05, 0.1) is 11.8 Å². The van der Waals surface area contributed by atoms with Gasteiger partial charge in [0.1, 0.15) is 5.82 Å². The quantitative estimate of drug-likeness (QED) is 0.631. The van der Waals surface area contributed by atoms with Crippen LogP contribution in [0.15, 0.2) is 53.9 Å². The zero-order chi connectivity index (χ0) is 19.2. The van der Waals surface area contributed by atoms with Crippen LogP contribution in [0.3, 0.4) is 0 Å². The maximum atomic E-state index is 13.0. The van der Waals surface area contributed by atoms with Gasteiger partial charge < -0.3 is 9.88 Å². The van der Waals surface area contributed by atoms with E-state index in [4.69, 9.17) is 0 Å². The number of benzene rings is 1. The van der Waals surface area contributed by atoms with Crippen LogP contribution in [0.5, 0.6) is 0 Å². The number of amides is 1. The molecular weight excluding hydrogens is 365 g/mol. The summed E-state index contributed by atoms with van der Waals surface area (Å²) in [4.78, 5) is 16.3. The zero-order valence-electron chi connectivity index (χ0n) is 15.1. The number of hydrogen-bond acceptors (Lipinski definition) is 5. The number of thioether (sulfide) groups is 1. The van der Waals surface area contributed by atoms with Gasteiger partial charge in [-0.1, -0.05) is 23.9 Å². The van der Waals surface area contributed by atoms with Gasteiger partial charge in [0.2, 0.25) is 5.91 Å². The van der Waals surface area contributed by atoms with Crippen LogP contribution in [0.25, 0.3) is 11.4 Å². The Morgan fingerprint density at radius 2 is 1.89 bits per heavy atom. The van der Waals surface area contributed by atoms with Crippen LogP contribution in [-0.4, -0.2) is 31.4 Å². The molecule has 2 heterocycles. The van der Waals surface area contributed by atoms with Gasteiger partial charge in [-0.3, -0.25) is 9.78 Å². The molecule has 0 saturated carbocycles. The molecule has 2 aromatic heterocycles. The normalized spacial score (nSPS) is 12.0. The van der Waals surface area contributed by atoms with Crippen LogP contribution < -0.4 is 5.32 Å². The Morgan fingerprint density at radius 1 is 1.19 bits per heavy atom. The molecule has 27 heavy (non-hydrogen) atoms. The Bertz CT molecular complexity index is 898. The van der Waals surface area contributed by atoms with Crippen molar-refractivity contribution in [3.8, 4) is 11.4 Å². The second-order valence-corrected chi connectivity index (χ2v) is 6.86. The molecule has 1 unspecified atom stereocenters. The molecule has 0 bridgehead atoms. The lowest BCUT2D eigenvalue weighted by atomic mass is 10.1. The Labute approximate surface area is 161 Å². The van der Waals surface area contributed by atoms with Crippen molar-refractivity contribution < 1.29 is 9.18 Å². The summed E-state index contributed by atoms with van der Waals surface area (Å²) in [6, 6.07) is 9.66. The third-order valence-electron chi connectivity index (χ3n) is 4.05. The Kier molecular flexibility index (Phi) is 6.18. The minimum Gasteiger partial charge on any atom is -0.349 e. The summed E-state index contributed by atoms with van der Waals surface area (Å²) in [6.07, 6.45) is 3.42. The average Bonchev–Trinajstić information content (AvgIpc) is 3.10. The van der Waals surface area contributed by atoms with E-state index in [1.807, 2.05) is 30.5 Å². The van der Waals surface area contributed by atoms with Crippen molar-refractivity contribution in [3.63, 3.8) is 0 Å². The predicted molar refractivity (Wildman–Crippen MR) is 103 cm³/mol.